The number of urea groups is 1. The van der Waals surface area contributed by atoms with E-state index in [-0.39, 0.29) is 22.9 Å². The summed E-state index contributed by atoms with van der Waals surface area (Å²) in [5, 5.41) is 13.7. The number of rotatable bonds is 5. The van der Waals surface area contributed by atoms with Crippen LogP contribution in [0.5, 0.6) is 0 Å². The SMILES string of the molecule is CCOC(=O)C(C)NC(=O)Nc1ccc(C(=O)O)cc1Cl. The van der Waals surface area contributed by atoms with Gasteiger partial charge in [-0.3, -0.25) is 0 Å². The molecule has 1 unspecified atom stereocenters. The molecular weight excluding hydrogens is 300 g/mol. The van der Waals surface area contributed by atoms with Crippen molar-refractivity contribution in [3.05, 3.63) is 28.8 Å². The van der Waals surface area contributed by atoms with E-state index in [4.69, 9.17) is 21.4 Å². The van der Waals surface area contributed by atoms with Gasteiger partial charge in [0.05, 0.1) is 22.9 Å². The number of anilines is 1. The van der Waals surface area contributed by atoms with Crippen molar-refractivity contribution in [2.45, 2.75) is 19.9 Å². The van der Waals surface area contributed by atoms with Gasteiger partial charge in [0.1, 0.15) is 6.04 Å². The molecule has 0 spiro atoms. The Bertz CT molecular complexity index is 561. The van der Waals surface area contributed by atoms with E-state index in [1.807, 2.05) is 0 Å². The maximum absolute atomic E-state index is 11.7. The van der Waals surface area contributed by atoms with Gasteiger partial charge in [-0.2, -0.15) is 0 Å². The summed E-state index contributed by atoms with van der Waals surface area (Å²) in [5.74, 6) is -1.68. The molecule has 0 aromatic heterocycles. The van der Waals surface area contributed by atoms with Gasteiger partial charge < -0.3 is 20.5 Å². The van der Waals surface area contributed by atoms with Crippen molar-refractivity contribution in [3.63, 3.8) is 0 Å². The fourth-order valence-corrected chi connectivity index (χ4v) is 1.66. The van der Waals surface area contributed by atoms with E-state index in [9.17, 15) is 14.4 Å². The molecular formula is C13H15ClN2O5. The van der Waals surface area contributed by atoms with E-state index in [0.717, 1.165) is 0 Å². The lowest BCUT2D eigenvalue weighted by Gasteiger charge is -2.14. The van der Waals surface area contributed by atoms with Gasteiger partial charge >= 0.3 is 18.0 Å². The van der Waals surface area contributed by atoms with E-state index >= 15 is 0 Å². The van der Waals surface area contributed by atoms with E-state index in [1.165, 1.54) is 25.1 Å². The standard InChI is InChI=1S/C13H15ClN2O5/c1-3-21-12(19)7(2)15-13(20)16-10-5-4-8(11(17)18)6-9(10)14/h4-7H,3H2,1-2H3,(H,17,18)(H2,15,16,20). The summed E-state index contributed by atoms with van der Waals surface area (Å²) in [4.78, 5) is 33.8. The Labute approximate surface area is 126 Å². The van der Waals surface area contributed by atoms with Crippen molar-refractivity contribution in [2.24, 2.45) is 0 Å². The molecule has 0 heterocycles. The molecule has 21 heavy (non-hydrogen) atoms. The fraction of sp³-hybridized carbons (Fsp3) is 0.308. The number of carbonyl (C=O) groups is 3. The first-order chi connectivity index (χ1) is 9.85. The van der Waals surface area contributed by atoms with Crippen LogP contribution in [0, 0.1) is 0 Å². The lowest BCUT2D eigenvalue weighted by molar-refractivity contribution is -0.144. The Kier molecular flexibility index (Phi) is 5.98. The summed E-state index contributed by atoms with van der Waals surface area (Å²) in [6.45, 7) is 3.36. The predicted molar refractivity (Wildman–Crippen MR) is 76.7 cm³/mol. The number of hydrogen-bond acceptors (Lipinski definition) is 4. The first-order valence-corrected chi connectivity index (χ1v) is 6.50. The summed E-state index contributed by atoms with van der Waals surface area (Å²) in [7, 11) is 0. The zero-order valence-corrected chi connectivity index (χ0v) is 12.2. The summed E-state index contributed by atoms with van der Waals surface area (Å²) in [5.41, 5.74) is 0.237. The maximum atomic E-state index is 11.7. The molecule has 1 atom stereocenters. The zero-order valence-electron chi connectivity index (χ0n) is 11.5. The van der Waals surface area contributed by atoms with Crippen LogP contribution in [0.3, 0.4) is 0 Å². The van der Waals surface area contributed by atoms with Crippen molar-refractivity contribution >= 4 is 35.3 Å². The first kappa shape index (κ1) is 16.8. The molecule has 0 aliphatic carbocycles. The average Bonchev–Trinajstić information content (AvgIpc) is 2.40. The van der Waals surface area contributed by atoms with Crippen LogP contribution in [-0.2, 0) is 9.53 Å². The molecule has 0 fully saturated rings. The number of carboxylic acid groups (broad SMARTS) is 1. The predicted octanol–water partition coefficient (Wildman–Crippen LogP) is 2.11. The lowest BCUT2D eigenvalue weighted by atomic mass is 10.2. The number of halogens is 1. The van der Waals surface area contributed by atoms with Crippen molar-refractivity contribution < 1.29 is 24.2 Å². The van der Waals surface area contributed by atoms with Crippen molar-refractivity contribution in [1.82, 2.24) is 5.32 Å². The number of aromatic carboxylic acids is 1. The molecule has 8 heteroatoms. The molecule has 1 rings (SSSR count). The Morgan fingerprint density at radius 1 is 1.38 bits per heavy atom. The van der Waals surface area contributed by atoms with Gasteiger partial charge in [0, 0.05) is 0 Å². The smallest absolute Gasteiger partial charge is 0.335 e. The molecule has 0 saturated carbocycles. The molecule has 0 aliphatic heterocycles. The molecule has 1 aromatic rings. The topological polar surface area (TPSA) is 105 Å². The highest BCUT2D eigenvalue weighted by molar-refractivity contribution is 6.34. The maximum Gasteiger partial charge on any atom is 0.335 e. The molecule has 1 aromatic carbocycles. The van der Waals surface area contributed by atoms with Gasteiger partial charge in [-0.25, -0.2) is 14.4 Å². The minimum atomic E-state index is -1.12. The highest BCUT2D eigenvalue weighted by Crippen LogP contribution is 2.23. The molecule has 0 saturated heterocycles. The molecule has 0 bridgehead atoms. The second-order valence-corrected chi connectivity index (χ2v) is 4.48. The van der Waals surface area contributed by atoms with Gasteiger partial charge in [0.15, 0.2) is 0 Å². The fourth-order valence-electron chi connectivity index (χ4n) is 1.43. The second-order valence-electron chi connectivity index (χ2n) is 4.07. The van der Waals surface area contributed by atoms with Gasteiger partial charge in [-0.15, -0.1) is 0 Å². The van der Waals surface area contributed by atoms with Crippen LogP contribution >= 0.6 is 11.6 Å². The van der Waals surface area contributed by atoms with Gasteiger partial charge in [0.25, 0.3) is 0 Å². The van der Waals surface area contributed by atoms with Crippen LogP contribution in [-0.4, -0.2) is 35.7 Å². The number of carboxylic acids is 1. The summed E-state index contributed by atoms with van der Waals surface area (Å²) in [6.07, 6.45) is 0. The Balaban J connectivity index is 2.67. The molecule has 3 N–H and O–H groups in total. The summed E-state index contributed by atoms with van der Waals surface area (Å²) in [6, 6.07) is 2.41. The zero-order chi connectivity index (χ0) is 16.0. The van der Waals surface area contributed by atoms with E-state index < -0.39 is 24.0 Å². The van der Waals surface area contributed by atoms with Crippen LogP contribution in [0.2, 0.25) is 5.02 Å². The third-order valence-corrected chi connectivity index (χ3v) is 2.76. The highest BCUT2D eigenvalue weighted by atomic mass is 35.5. The van der Waals surface area contributed by atoms with Gasteiger partial charge in [-0.1, -0.05) is 11.6 Å². The van der Waals surface area contributed by atoms with Crippen molar-refractivity contribution in [2.75, 3.05) is 11.9 Å². The summed E-state index contributed by atoms with van der Waals surface area (Å²) < 4.78 is 4.75. The van der Waals surface area contributed by atoms with Crippen LogP contribution in [0.15, 0.2) is 18.2 Å². The Morgan fingerprint density at radius 2 is 2.05 bits per heavy atom. The lowest BCUT2D eigenvalue weighted by Crippen LogP contribution is -2.41. The minimum Gasteiger partial charge on any atom is -0.478 e. The number of ether oxygens (including phenoxy) is 1. The van der Waals surface area contributed by atoms with E-state index in [1.54, 1.807) is 6.92 Å². The minimum absolute atomic E-state index is 0.00542. The van der Waals surface area contributed by atoms with Crippen molar-refractivity contribution in [1.29, 1.82) is 0 Å². The number of amides is 2. The van der Waals surface area contributed by atoms with E-state index in [0.29, 0.717) is 0 Å². The third-order valence-electron chi connectivity index (χ3n) is 2.45. The third kappa shape index (κ3) is 4.96. The largest absolute Gasteiger partial charge is 0.478 e. The molecule has 114 valence electrons. The average molecular weight is 315 g/mol. The normalized spacial score (nSPS) is 11.4. The number of hydrogen-bond donors (Lipinski definition) is 3. The first-order valence-electron chi connectivity index (χ1n) is 6.12. The van der Waals surface area contributed by atoms with Gasteiger partial charge in [-0.05, 0) is 32.0 Å². The van der Waals surface area contributed by atoms with Crippen LogP contribution in [0.1, 0.15) is 24.2 Å². The Hall–Kier alpha value is -2.28. The molecule has 0 radical (unpaired) electrons. The molecule has 2 amide bonds. The number of esters is 1. The van der Waals surface area contributed by atoms with Crippen LogP contribution in [0.4, 0.5) is 10.5 Å². The highest BCUT2D eigenvalue weighted by Gasteiger charge is 2.17. The van der Waals surface area contributed by atoms with Crippen LogP contribution < -0.4 is 10.6 Å². The monoisotopic (exact) mass is 314 g/mol. The molecule has 7 nitrogen and oxygen atoms in total. The number of nitrogens with one attached hydrogen (secondary N) is 2. The number of benzene rings is 1. The second kappa shape index (κ2) is 7.49. The summed E-state index contributed by atoms with van der Waals surface area (Å²) >= 11 is 5.87. The quantitative estimate of drug-likeness (QED) is 0.722. The Morgan fingerprint density at radius 3 is 2.57 bits per heavy atom. The molecule has 0 aliphatic rings. The van der Waals surface area contributed by atoms with Crippen LogP contribution in [0.25, 0.3) is 0 Å². The number of carbonyl (C=O) groups excluding carboxylic acids is 2. The van der Waals surface area contributed by atoms with Crippen molar-refractivity contribution in [3.8, 4) is 0 Å². The van der Waals surface area contributed by atoms with E-state index in [2.05, 4.69) is 10.6 Å². The van der Waals surface area contributed by atoms with Gasteiger partial charge in [0.2, 0.25) is 0 Å².